The summed E-state index contributed by atoms with van der Waals surface area (Å²) >= 11 is 5.61. The summed E-state index contributed by atoms with van der Waals surface area (Å²) < 4.78 is 5.46. The van der Waals surface area contributed by atoms with Crippen LogP contribution in [0.25, 0.3) is 0 Å². The van der Waals surface area contributed by atoms with Crippen LogP contribution >= 0.6 is 11.6 Å². The van der Waals surface area contributed by atoms with Crippen molar-refractivity contribution in [1.29, 1.82) is 0 Å². The second kappa shape index (κ2) is 4.94. The molecule has 0 spiro atoms. The van der Waals surface area contributed by atoms with Crippen molar-refractivity contribution in [3.63, 3.8) is 0 Å². The van der Waals surface area contributed by atoms with Gasteiger partial charge in [-0.25, -0.2) is 0 Å². The molecule has 1 N–H and O–H groups in total. The first-order valence-corrected chi connectivity index (χ1v) is 5.96. The molecule has 1 aliphatic rings. The molecule has 0 aromatic heterocycles. The van der Waals surface area contributed by atoms with Crippen LogP contribution in [0, 0.1) is 0 Å². The summed E-state index contributed by atoms with van der Waals surface area (Å²) in [6.45, 7) is 2.53. The van der Waals surface area contributed by atoms with E-state index in [1.165, 1.54) is 6.92 Å². The summed E-state index contributed by atoms with van der Waals surface area (Å²) in [5.74, 6) is 0.753. The Kier molecular flexibility index (Phi) is 3.54. The van der Waals surface area contributed by atoms with Crippen LogP contribution in [0.3, 0.4) is 0 Å². The number of nitrogens with zero attached hydrogens (tertiary/aromatic N) is 1. The standard InChI is InChI=1S/C12H14ClNO3/c1-8(15)14-4-5-17-12-3-2-9(6-10(12)14)11(16)7-13/h2-3,6,11,16H,4-5,7H2,1H3. The zero-order chi connectivity index (χ0) is 12.4. The van der Waals surface area contributed by atoms with E-state index in [0.29, 0.717) is 30.2 Å². The highest BCUT2D eigenvalue weighted by Crippen LogP contribution is 2.34. The molecule has 1 unspecified atom stereocenters. The molecule has 17 heavy (non-hydrogen) atoms. The summed E-state index contributed by atoms with van der Waals surface area (Å²) in [5.41, 5.74) is 1.39. The number of benzene rings is 1. The molecule has 4 nitrogen and oxygen atoms in total. The number of carbonyl (C=O) groups is 1. The number of anilines is 1. The summed E-state index contributed by atoms with van der Waals surface area (Å²) in [5, 5.41) is 9.68. The maximum absolute atomic E-state index is 11.5. The molecule has 0 aliphatic carbocycles. The van der Waals surface area contributed by atoms with Crippen LogP contribution in [0.15, 0.2) is 18.2 Å². The van der Waals surface area contributed by atoms with Gasteiger partial charge in [0.05, 0.1) is 24.2 Å². The van der Waals surface area contributed by atoms with Gasteiger partial charge in [0.25, 0.3) is 0 Å². The Hall–Kier alpha value is -1.26. The van der Waals surface area contributed by atoms with E-state index in [9.17, 15) is 9.90 Å². The number of alkyl halides is 1. The number of hydrogen-bond acceptors (Lipinski definition) is 3. The van der Waals surface area contributed by atoms with E-state index in [1.807, 2.05) is 0 Å². The SMILES string of the molecule is CC(=O)N1CCOc2ccc(C(O)CCl)cc21. The van der Waals surface area contributed by atoms with E-state index < -0.39 is 6.10 Å². The number of amides is 1. The van der Waals surface area contributed by atoms with E-state index in [1.54, 1.807) is 23.1 Å². The zero-order valence-corrected chi connectivity index (χ0v) is 10.3. The van der Waals surface area contributed by atoms with Crippen molar-refractivity contribution in [2.24, 2.45) is 0 Å². The van der Waals surface area contributed by atoms with Crippen molar-refractivity contribution < 1.29 is 14.6 Å². The Balaban J connectivity index is 2.40. The van der Waals surface area contributed by atoms with Gasteiger partial charge in [-0.05, 0) is 17.7 Å². The molecule has 1 amide bonds. The van der Waals surface area contributed by atoms with Gasteiger partial charge in [0.15, 0.2) is 0 Å². The fraction of sp³-hybridized carbons (Fsp3) is 0.417. The number of carbonyl (C=O) groups excluding carboxylic acids is 1. The minimum absolute atomic E-state index is 0.0351. The van der Waals surface area contributed by atoms with Gasteiger partial charge in [-0.3, -0.25) is 4.79 Å². The summed E-state index contributed by atoms with van der Waals surface area (Å²) in [4.78, 5) is 13.1. The van der Waals surface area contributed by atoms with Crippen LogP contribution in [0.2, 0.25) is 0 Å². The number of rotatable bonds is 2. The smallest absolute Gasteiger partial charge is 0.224 e. The van der Waals surface area contributed by atoms with Gasteiger partial charge in [-0.15, -0.1) is 11.6 Å². The van der Waals surface area contributed by atoms with E-state index in [-0.39, 0.29) is 11.8 Å². The first-order chi connectivity index (χ1) is 8.13. The van der Waals surface area contributed by atoms with Crippen molar-refractivity contribution in [3.8, 4) is 5.75 Å². The van der Waals surface area contributed by atoms with Crippen molar-refractivity contribution in [2.45, 2.75) is 13.0 Å². The number of aliphatic hydroxyl groups excluding tert-OH is 1. The molecule has 1 aromatic rings. The van der Waals surface area contributed by atoms with E-state index in [2.05, 4.69) is 0 Å². The Labute approximate surface area is 105 Å². The normalized spacial score (nSPS) is 16.1. The Morgan fingerprint density at radius 2 is 2.41 bits per heavy atom. The van der Waals surface area contributed by atoms with Gasteiger partial charge in [-0.1, -0.05) is 6.07 Å². The van der Waals surface area contributed by atoms with Crippen molar-refractivity contribution >= 4 is 23.2 Å². The zero-order valence-electron chi connectivity index (χ0n) is 9.52. The minimum atomic E-state index is -0.724. The molecule has 1 heterocycles. The number of hydrogen-bond donors (Lipinski definition) is 1. The third kappa shape index (κ3) is 2.37. The van der Waals surface area contributed by atoms with Gasteiger partial charge in [0, 0.05) is 6.92 Å². The molecule has 92 valence electrons. The third-order valence-corrected chi connectivity index (χ3v) is 3.05. The monoisotopic (exact) mass is 255 g/mol. The first-order valence-electron chi connectivity index (χ1n) is 5.42. The predicted molar refractivity (Wildman–Crippen MR) is 65.6 cm³/mol. The van der Waals surface area contributed by atoms with Crippen LogP contribution in [0.5, 0.6) is 5.75 Å². The highest BCUT2D eigenvalue weighted by molar-refractivity contribution is 6.18. The molecule has 0 saturated heterocycles. The van der Waals surface area contributed by atoms with Gasteiger partial charge < -0.3 is 14.7 Å². The average molecular weight is 256 g/mol. The Morgan fingerprint density at radius 1 is 1.65 bits per heavy atom. The van der Waals surface area contributed by atoms with Gasteiger partial charge >= 0.3 is 0 Å². The fourth-order valence-corrected chi connectivity index (χ4v) is 2.04. The van der Waals surface area contributed by atoms with Crippen molar-refractivity contribution in [3.05, 3.63) is 23.8 Å². The quantitative estimate of drug-likeness (QED) is 0.819. The largest absolute Gasteiger partial charge is 0.490 e. The Bertz CT molecular complexity index is 436. The van der Waals surface area contributed by atoms with Crippen molar-refractivity contribution in [1.82, 2.24) is 0 Å². The average Bonchev–Trinajstić information content (AvgIpc) is 2.36. The number of halogens is 1. The van der Waals surface area contributed by atoms with E-state index in [4.69, 9.17) is 16.3 Å². The van der Waals surface area contributed by atoms with E-state index >= 15 is 0 Å². The van der Waals surface area contributed by atoms with Crippen molar-refractivity contribution in [2.75, 3.05) is 23.9 Å². The highest BCUT2D eigenvalue weighted by atomic mass is 35.5. The fourth-order valence-electron chi connectivity index (χ4n) is 1.86. The van der Waals surface area contributed by atoms with E-state index in [0.717, 1.165) is 0 Å². The summed E-state index contributed by atoms with van der Waals surface area (Å²) in [6.07, 6.45) is -0.724. The second-order valence-electron chi connectivity index (χ2n) is 3.92. The maximum Gasteiger partial charge on any atom is 0.224 e. The predicted octanol–water partition coefficient (Wildman–Crippen LogP) is 1.70. The lowest BCUT2D eigenvalue weighted by atomic mass is 10.1. The first kappa shape index (κ1) is 12.2. The molecule has 1 aromatic carbocycles. The third-order valence-electron chi connectivity index (χ3n) is 2.76. The second-order valence-corrected chi connectivity index (χ2v) is 4.22. The van der Waals surface area contributed by atoms with Gasteiger partial charge in [0.1, 0.15) is 12.4 Å². The lowest BCUT2D eigenvalue weighted by molar-refractivity contribution is -0.116. The summed E-state index contributed by atoms with van der Waals surface area (Å²) in [7, 11) is 0. The van der Waals surface area contributed by atoms with Gasteiger partial charge in [0.2, 0.25) is 5.91 Å². The van der Waals surface area contributed by atoms with Crippen LogP contribution < -0.4 is 9.64 Å². The molecule has 0 bridgehead atoms. The molecule has 0 saturated carbocycles. The van der Waals surface area contributed by atoms with Crippen LogP contribution in [0.4, 0.5) is 5.69 Å². The number of aliphatic hydroxyl groups is 1. The molecule has 1 aliphatic heterocycles. The topological polar surface area (TPSA) is 49.8 Å². The van der Waals surface area contributed by atoms with Crippen LogP contribution in [0.1, 0.15) is 18.6 Å². The molecule has 2 rings (SSSR count). The lowest BCUT2D eigenvalue weighted by Crippen LogP contribution is -2.36. The van der Waals surface area contributed by atoms with Crippen LogP contribution in [-0.4, -0.2) is 30.0 Å². The molecule has 0 fully saturated rings. The number of ether oxygens (including phenoxy) is 1. The maximum atomic E-state index is 11.5. The summed E-state index contributed by atoms with van der Waals surface area (Å²) in [6, 6.07) is 5.27. The van der Waals surface area contributed by atoms with Gasteiger partial charge in [-0.2, -0.15) is 0 Å². The molecular formula is C12H14ClNO3. The number of fused-ring (bicyclic) bond motifs is 1. The minimum Gasteiger partial charge on any atom is -0.490 e. The molecule has 0 radical (unpaired) electrons. The van der Waals surface area contributed by atoms with Crippen LogP contribution in [-0.2, 0) is 4.79 Å². The lowest BCUT2D eigenvalue weighted by Gasteiger charge is -2.29. The molecule has 5 heteroatoms. The highest BCUT2D eigenvalue weighted by Gasteiger charge is 2.22. The molecular weight excluding hydrogens is 242 g/mol. The molecule has 1 atom stereocenters. The Morgan fingerprint density at radius 3 is 3.06 bits per heavy atom.